The number of rotatable bonds is 6. The standard InChI is InChI=1S/C14H14N2O4S2/c1-3-8-15(22(19,20)14-5-4-9-21-14)13-10-12(16(17)18)7-6-11(13)2/h3-7,9-10H,1,8H2,2H3. The molecule has 116 valence electrons. The van der Waals surface area contributed by atoms with E-state index in [4.69, 9.17) is 0 Å². The average molecular weight is 338 g/mol. The van der Waals surface area contributed by atoms with Crippen LogP contribution in [0.1, 0.15) is 5.56 Å². The lowest BCUT2D eigenvalue weighted by molar-refractivity contribution is -0.384. The lowest BCUT2D eigenvalue weighted by Gasteiger charge is -2.23. The molecule has 0 saturated carbocycles. The molecule has 0 N–H and O–H groups in total. The van der Waals surface area contributed by atoms with Gasteiger partial charge in [0.05, 0.1) is 17.2 Å². The first kappa shape index (κ1) is 16.2. The van der Waals surface area contributed by atoms with E-state index in [0.717, 1.165) is 15.6 Å². The summed E-state index contributed by atoms with van der Waals surface area (Å²) in [6, 6.07) is 7.30. The maximum Gasteiger partial charge on any atom is 0.274 e. The summed E-state index contributed by atoms with van der Waals surface area (Å²) in [6.07, 6.45) is 1.45. The number of nitro benzene ring substituents is 1. The van der Waals surface area contributed by atoms with Gasteiger partial charge in [0, 0.05) is 12.1 Å². The van der Waals surface area contributed by atoms with Gasteiger partial charge in [-0.15, -0.1) is 17.9 Å². The summed E-state index contributed by atoms with van der Waals surface area (Å²) < 4.78 is 26.8. The van der Waals surface area contributed by atoms with E-state index in [0.29, 0.717) is 5.56 Å². The molecule has 0 amide bonds. The molecular weight excluding hydrogens is 324 g/mol. The van der Waals surface area contributed by atoms with Crippen LogP contribution in [-0.2, 0) is 10.0 Å². The summed E-state index contributed by atoms with van der Waals surface area (Å²) in [5.41, 5.74) is 0.756. The quantitative estimate of drug-likeness (QED) is 0.459. The van der Waals surface area contributed by atoms with E-state index in [1.54, 1.807) is 18.4 Å². The molecule has 0 bridgehead atoms. The number of non-ortho nitro benzene ring substituents is 1. The Hall–Kier alpha value is -2.19. The van der Waals surface area contributed by atoms with Crippen LogP contribution in [0.25, 0.3) is 0 Å². The minimum absolute atomic E-state index is 0.0300. The molecule has 0 fully saturated rings. The Balaban J connectivity index is 2.60. The summed E-state index contributed by atoms with van der Waals surface area (Å²) in [7, 11) is -3.78. The Bertz CT molecular complexity index is 798. The number of aryl methyl sites for hydroxylation is 1. The molecular formula is C14H14N2O4S2. The highest BCUT2D eigenvalue weighted by Crippen LogP contribution is 2.31. The van der Waals surface area contributed by atoms with Gasteiger partial charge in [-0.05, 0) is 23.9 Å². The molecule has 1 aromatic heterocycles. The smallest absolute Gasteiger partial charge is 0.261 e. The zero-order valence-corrected chi connectivity index (χ0v) is 13.4. The van der Waals surface area contributed by atoms with Crippen LogP contribution in [-0.4, -0.2) is 19.9 Å². The zero-order chi connectivity index (χ0) is 16.3. The van der Waals surface area contributed by atoms with Crippen molar-refractivity contribution in [3.05, 3.63) is 64.0 Å². The Morgan fingerprint density at radius 1 is 1.41 bits per heavy atom. The summed E-state index contributed by atoms with van der Waals surface area (Å²) in [5.74, 6) is 0. The summed E-state index contributed by atoms with van der Waals surface area (Å²) >= 11 is 1.10. The highest BCUT2D eigenvalue weighted by molar-refractivity contribution is 7.94. The molecule has 2 rings (SSSR count). The van der Waals surface area contributed by atoms with Crippen molar-refractivity contribution in [3.63, 3.8) is 0 Å². The summed E-state index contributed by atoms with van der Waals surface area (Å²) in [6.45, 7) is 5.31. The second-order valence-electron chi connectivity index (χ2n) is 4.48. The average Bonchev–Trinajstić information content (AvgIpc) is 3.00. The van der Waals surface area contributed by atoms with Crippen molar-refractivity contribution in [3.8, 4) is 0 Å². The molecule has 22 heavy (non-hydrogen) atoms. The fourth-order valence-electron chi connectivity index (χ4n) is 1.94. The predicted molar refractivity (Wildman–Crippen MR) is 86.9 cm³/mol. The van der Waals surface area contributed by atoms with Crippen molar-refractivity contribution in [2.45, 2.75) is 11.1 Å². The van der Waals surface area contributed by atoms with Crippen molar-refractivity contribution < 1.29 is 13.3 Å². The van der Waals surface area contributed by atoms with Gasteiger partial charge in [0.15, 0.2) is 0 Å². The minimum Gasteiger partial charge on any atom is -0.261 e. The molecule has 0 spiro atoms. The highest BCUT2D eigenvalue weighted by atomic mass is 32.2. The van der Waals surface area contributed by atoms with Crippen LogP contribution in [0.5, 0.6) is 0 Å². The van der Waals surface area contributed by atoms with Crippen LogP contribution in [0.2, 0.25) is 0 Å². The number of hydrogen-bond donors (Lipinski definition) is 0. The van der Waals surface area contributed by atoms with Crippen molar-refractivity contribution >= 4 is 32.7 Å². The minimum atomic E-state index is -3.78. The first-order valence-corrected chi connectivity index (χ1v) is 8.62. The molecule has 0 atom stereocenters. The molecule has 0 unspecified atom stereocenters. The molecule has 6 nitrogen and oxygen atoms in total. The first-order valence-electron chi connectivity index (χ1n) is 6.30. The molecule has 8 heteroatoms. The van der Waals surface area contributed by atoms with Crippen LogP contribution in [0, 0.1) is 17.0 Å². The summed E-state index contributed by atoms with van der Waals surface area (Å²) in [4.78, 5) is 10.4. The molecule has 0 radical (unpaired) electrons. The Kier molecular flexibility index (Phi) is 4.62. The van der Waals surface area contributed by atoms with Gasteiger partial charge in [-0.1, -0.05) is 18.2 Å². The van der Waals surface area contributed by atoms with Gasteiger partial charge in [0.2, 0.25) is 0 Å². The third-order valence-electron chi connectivity index (χ3n) is 3.01. The third-order valence-corrected chi connectivity index (χ3v) is 6.16. The third kappa shape index (κ3) is 3.02. The molecule has 2 aromatic rings. The predicted octanol–water partition coefficient (Wildman–Crippen LogP) is 3.35. The molecule has 1 aromatic carbocycles. The zero-order valence-electron chi connectivity index (χ0n) is 11.8. The van der Waals surface area contributed by atoms with E-state index in [9.17, 15) is 18.5 Å². The molecule has 0 saturated heterocycles. The van der Waals surface area contributed by atoms with E-state index in [1.165, 1.54) is 30.3 Å². The second kappa shape index (κ2) is 6.29. The van der Waals surface area contributed by atoms with Crippen molar-refractivity contribution in [1.82, 2.24) is 0 Å². The van der Waals surface area contributed by atoms with E-state index in [2.05, 4.69) is 6.58 Å². The van der Waals surface area contributed by atoms with Crippen LogP contribution in [0.15, 0.2) is 52.6 Å². The lowest BCUT2D eigenvalue weighted by atomic mass is 10.2. The number of thiophene rings is 1. The maximum atomic E-state index is 12.7. The summed E-state index contributed by atoms with van der Waals surface area (Å²) in [5, 5.41) is 12.6. The number of hydrogen-bond acceptors (Lipinski definition) is 5. The Morgan fingerprint density at radius 3 is 2.68 bits per heavy atom. The monoisotopic (exact) mass is 338 g/mol. The van der Waals surface area contributed by atoms with Crippen molar-refractivity contribution in [2.75, 3.05) is 10.8 Å². The fraction of sp³-hybridized carbons (Fsp3) is 0.143. The van der Waals surface area contributed by atoms with Crippen LogP contribution in [0.4, 0.5) is 11.4 Å². The van der Waals surface area contributed by atoms with Crippen LogP contribution < -0.4 is 4.31 Å². The fourth-order valence-corrected chi connectivity index (χ4v) is 4.54. The topological polar surface area (TPSA) is 80.5 Å². The van der Waals surface area contributed by atoms with Gasteiger partial charge in [-0.2, -0.15) is 0 Å². The molecule has 0 aliphatic rings. The van der Waals surface area contributed by atoms with Gasteiger partial charge in [-0.3, -0.25) is 14.4 Å². The van der Waals surface area contributed by atoms with E-state index in [1.807, 2.05) is 0 Å². The Labute approximate surface area is 132 Å². The SMILES string of the molecule is C=CCN(c1cc([N+](=O)[O-])ccc1C)S(=O)(=O)c1cccs1. The first-order chi connectivity index (χ1) is 10.4. The van der Waals surface area contributed by atoms with Crippen LogP contribution in [0.3, 0.4) is 0 Å². The van der Waals surface area contributed by atoms with Crippen molar-refractivity contribution in [2.24, 2.45) is 0 Å². The number of sulfonamides is 1. The molecule has 1 heterocycles. The molecule has 0 aliphatic heterocycles. The number of nitro groups is 1. The number of anilines is 1. The van der Waals surface area contributed by atoms with Gasteiger partial charge >= 0.3 is 0 Å². The lowest BCUT2D eigenvalue weighted by Crippen LogP contribution is -2.31. The van der Waals surface area contributed by atoms with Crippen LogP contribution >= 0.6 is 11.3 Å². The normalized spacial score (nSPS) is 11.1. The Morgan fingerprint density at radius 2 is 2.14 bits per heavy atom. The van der Waals surface area contributed by atoms with E-state index >= 15 is 0 Å². The van der Waals surface area contributed by atoms with E-state index in [-0.39, 0.29) is 22.1 Å². The largest absolute Gasteiger partial charge is 0.274 e. The highest BCUT2D eigenvalue weighted by Gasteiger charge is 2.27. The van der Waals surface area contributed by atoms with Gasteiger partial charge in [0.25, 0.3) is 15.7 Å². The van der Waals surface area contributed by atoms with Gasteiger partial charge in [-0.25, -0.2) is 8.42 Å². The maximum absolute atomic E-state index is 12.7. The van der Waals surface area contributed by atoms with Gasteiger partial charge < -0.3 is 0 Å². The molecule has 0 aliphatic carbocycles. The van der Waals surface area contributed by atoms with Crippen molar-refractivity contribution in [1.29, 1.82) is 0 Å². The van der Waals surface area contributed by atoms with Gasteiger partial charge in [0.1, 0.15) is 4.21 Å². The number of benzene rings is 1. The van der Waals surface area contributed by atoms with E-state index < -0.39 is 14.9 Å². The second-order valence-corrected chi connectivity index (χ2v) is 7.52. The number of nitrogens with zero attached hydrogens (tertiary/aromatic N) is 2.